The molecule has 118 valence electrons. The van der Waals surface area contributed by atoms with Crippen LogP contribution in [0, 0.1) is 0 Å². The average Bonchev–Trinajstić information content (AvgIpc) is 2.82. The van der Waals surface area contributed by atoms with Crippen LogP contribution in [0.5, 0.6) is 5.75 Å². The molecular formula is C15H20F3NO2. The van der Waals surface area contributed by atoms with Crippen LogP contribution in [0.1, 0.15) is 38.3 Å². The minimum Gasteiger partial charge on any atom is -0.406 e. The second-order valence-electron chi connectivity index (χ2n) is 5.38. The molecule has 1 aliphatic heterocycles. The van der Waals surface area contributed by atoms with Gasteiger partial charge in [0.15, 0.2) is 0 Å². The van der Waals surface area contributed by atoms with Gasteiger partial charge in [-0.15, -0.1) is 13.2 Å². The largest absolute Gasteiger partial charge is 0.573 e. The summed E-state index contributed by atoms with van der Waals surface area (Å²) >= 11 is 0. The van der Waals surface area contributed by atoms with Crippen molar-refractivity contribution in [2.75, 3.05) is 13.2 Å². The molecule has 0 radical (unpaired) electrons. The van der Waals surface area contributed by atoms with Crippen molar-refractivity contribution in [2.45, 2.75) is 44.7 Å². The maximum Gasteiger partial charge on any atom is 0.573 e. The normalized spacial score (nSPS) is 24.0. The van der Waals surface area contributed by atoms with Crippen molar-refractivity contribution in [3.05, 3.63) is 29.8 Å². The van der Waals surface area contributed by atoms with Gasteiger partial charge in [-0.1, -0.05) is 19.1 Å². The van der Waals surface area contributed by atoms with Crippen molar-refractivity contribution >= 4 is 0 Å². The summed E-state index contributed by atoms with van der Waals surface area (Å²) in [6.07, 6.45) is -2.85. The van der Waals surface area contributed by atoms with Gasteiger partial charge in [-0.3, -0.25) is 0 Å². The van der Waals surface area contributed by atoms with E-state index in [0.29, 0.717) is 13.2 Å². The maximum absolute atomic E-state index is 12.3. The number of hydrogen-bond acceptors (Lipinski definition) is 3. The zero-order valence-electron chi connectivity index (χ0n) is 12.2. The summed E-state index contributed by atoms with van der Waals surface area (Å²) in [4.78, 5) is 0. The van der Waals surface area contributed by atoms with E-state index in [1.807, 2.05) is 13.8 Å². The molecule has 0 aromatic heterocycles. The monoisotopic (exact) mass is 303 g/mol. The first kappa shape index (κ1) is 16.1. The molecule has 0 bridgehead atoms. The molecule has 0 amide bonds. The van der Waals surface area contributed by atoms with Crippen LogP contribution >= 0.6 is 0 Å². The van der Waals surface area contributed by atoms with E-state index >= 15 is 0 Å². The smallest absolute Gasteiger partial charge is 0.406 e. The van der Waals surface area contributed by atoms with Crippen molar-refractivity contribution in [3.63, 3.8) is 0 Å². The van der Waals surface area contributed by atoms with E-state index in [-0.39, 0.29) is 11.8 Å². The highest BCUT2D eigenvalue weighted by Gasteiger charge is 2.39. The van der Waals surface area contributed by atoms with Gasteiger partial charge in [0.25, 0.3) is 0 Å². The molecule has 1 heterocycles. The molecule has 2 atom stereocenters. The Labute approximate surface area is 122 Å². The van der Waals surface area contributed by atoms with Crippen molar-refractivity contribution in [1.82, 2.24) is 5.32 Å². The van der Waals surface area contributed by atoms with Crippen LogP contribution in [0.4, 0.5) is 13.2 Å². The molecule has 2 unspecified atom stereocenters. The number of benzene rings is 1. The maximum atomic E-state index is 12.3. The van der Waals surface area contributed by atoms with E-state index in [0.717, 1.165) is 18.4 Å². The first-order chi connectivity index (χ1) is 9.84. The minimum atomic E-state index is -4.68. The summed E-state index contributed by atoms with van der Waals surface area (Å²) < 4.78 is 46.8. The van der Waals surface area contributed by atoms with E-state index in [1.165, 1.54) is 12.1 Å². The Morgan fingerprint density at radius 3 is 2.76 bits per heavy atom. The van der Waals surface area contributed by atoms with E-state index < -0.39 is 12.0 Å². The van der Waals surface area contributed by atoms with Gasteiger partial charge in [-0.2, -0.15) is 0 Å². The molecular weight excluding hydrogens is 283 g/mol. The highest BCUT2D eigenvalue weighted by Crippen LogP contribution is 2.38. The Bertz CT molecular complexity index is 470. The van der Waals surface area contributed by atoms with Gasteiger partial charge in [-0.25, -0.2) is 0 Å². The summed E-state index contributed by atoms with van der Waals surface area (Å²) in [5.74, 6) is -0.204. The average molecular weight is 303 g/mol. The Kier molecular flexibility index (Phi) is 4.78. The number of nitrogens with one attached hydrogen (secondary N) is 1. The zero-order valence-corrected chi connectivity index (χ0v) is 12.2. The number of ether oxygens (including phenoxy) is 2. The summed E-state index contributed by atoms with van der Waals surface area (Å²) in [5.41, 5.74) is 0.329. The van der Waals surface area contributed by atoms with Gasteiger partial charge in [-0.05, 0) is 44.0 Å². The van der Waals surface area contributed by atoms with E-state index in [9.17, 15) is 13.2 Å². The molecule has 0 saturated carbocycles. The lowest BCUT2D eigenvalue weighted by atomic mass is 9.87. The van der Waals surface area contributed by atoms with Crippen LogP contribution < -0.4 is 10.1 Å². The molecule has 1 aliphatic rings. The fraction of sp³-hybridized carbons (Fsp3) is 0.600. The minimum absolute atomic E-state index is 0.165. The molecule has 1 fully saturated rings. The molecule has 1 saturated heterocycles. The topological polar surface area (TPSA) is 30.5 Å². The zero-order chi connectivity index (χ0) is 15.5. The van der Waals surface area contributed by atoms with Crippen molar-refractivity contribution < 1.29 is 22.6 Å². The molecule has 0 aliphatic carbocycles. The van der Waals surface area contributed by atoms with Gasteiger partial charge in [0.1, 0.15) is 5.75 Å². The summed E-state index contributed by atoms with van der Waals surface area (Å²) in [6, 6.07) is 5.93. The standard InChI is InChI=1S/C15H20F3NO2/c1-3-19-13(14(2)8-5-9-20-14)11-6-4-7-12(10-11)21-15(16,17)18/h4,6-7,10,13,19H,3,5,8-9H2,1-2H3. The highest BCUT2D eigenvalue weighted by molar-refractivity contribution is 5.32. The Balaban J connectivity index is 2.26. The summed E-state index contributed by atoms with van der Waals surface area (Å²) in [7, 11) is 0. The third kappa shape index (κ3) is 4.11. The Hall–Kier alpha value is -1.27. The van der Waals surface area contributed by atoms with Crippen molar-refractivity contribution in [3.8, 4) is 5.75 Å². The fourth-order valence-corrected chi connectivity index (χ4v) is 2.81. The van der Waals surface area contributed by atoms with Gasteiger partial charge < -0.3 is 14.8 Å². The Morgan fingerprint density at radius 1 is 1.43 bits per heavy atom. The second-order valence-corrected chi connectivity index (χ2v) is 5.38. The molecule has 1 N–H and O–H groups in total. The quantitative estimate of drug-likeness (QED) is 0.897. The van der Waals surface area contributed by atoms with E-state index in [2.05, 4.69) is 10.1 Å². The van der Waals surface area contributed by atoms with Gasteiger partial charge >= 0.3 is 6.36 Å². The molecule has 1 aromatic carbocycles. The van der Waals surface area contributed by atoms with E-state index in [1.54, 1.807) is 12.1 Å². The number of rotatable bonds is 5. The predicted molar refractivity (Wildman–Crippen MR) is 73.1 cm³/mol. The Morgan fingerprint density at radius 2 is 2.19 bits per heavy atom. The van der Waals surface area contributed by atoms with Crippen LogP contribution in [0.2, 0.25) is 0 Å². The lowest BCUT2D eigenvalue weighted by molar-refractivity contribution is -0.274. The van der Waals surface area contributed by atoms with Crippen molar-refractivity contribution in [2.24, 2.45) is 0 Å². The van der Waals surface area contributed by atoms with Crippen LogP contribution in [0.3, 0.4) is 0 Å². The van der Waals surface area contributed by atoms with Gasteiger partial charge in [0, 0.05) is 6.61 Å². The first-order valence-corrected chi connectivity index (χ1v) is 7.07. The molecule has 1 aromatic rings. The summed E-state index contributed by atoms with van der Waals surface area (Å²) in [5, 5.41) is 3.31. The third-order valence-corrected chi connectivity index (χ3v) is 3.69. The number of alkyl halides is 3. The lowest BCUT2D eigenvalue weighted by Crippen LogP contribution is -2.41. The first-order valence-electron chi connectivity index (χ1n) is 7.07. The number of hydrogen-bond donors (Lipinski definition) is 1. The number of likely N-dealkylation sites (N-methyl/N-ethyl adjacent to an activating group) is 1. The summed E-state index contributed by atoms with van der Waals surface area (Å²) in [6.45, 7) is 5.33. The van der Waals surface area contributed by atoms with E-state index in [4.69, 9.17) is 4.74 Å². The fourth-order valence-electron chi connectivity index (χ4n) is 2.81. The SMILES string of the molecule is CCNC(c1cccc(OC(F)(F)F)c1)C1(C)CCCO1. The van der Waals surface area contributed by atoms with Crippen LogP contribution in [-0.4, -0.2) is 25.1 Å². The van der Waals surface area contributed by atoms with Crippen LogP contribution in [0.25, 0.3) is 0 Å². The van der Waals surface area contributed by atoms with Crippen LogP contribution in [-0.2, 0) is 4.74 Å². The molecule has 21 heavy (non-hydrogen) atoms. The second kappa shape index (κ2) is 6.23. The van der Waals surface area contributed by atoms with Crippen molar-refractivity contribution in [1.29, 1.82) is 0 Å². The van der Waals surface area contributed by atoms with Gasteiger partial charge in [0.05, 0.1) is 11.6 Å². The predicted octanol–water partition coefficient (Wildman–Crippen LogP) is 3.80. The van der Waals surface area contributed by atoms with Gasteiger partial charge in [0.2, 0.25) is 0 Å². The molecule has 2 rings (SSSR count). The molecule has 3 nitrogen and oxygen atoms in total. The third-order valence-electron chi connectivity index (χ3n) is 3.69. The molecule has 6 heteroatoms. The number of halogens is 3. The highest BCUT2D eigenvalue weighted by atomic mass is 19.4. The molecule has 0 spiro atoms. The lowest BCUT2D eigenvalue weighted by Gasteiger charge is -2.34. The van der Waals surface area contributed by atoms with Crippen LogP contribution in [0.15, 0.2) is 24.3 Å².